The van der Waals surface area contributed by atoms with Gasteiger partial charge >= 0.3 is 12.1 Å². The van der Waals surface area contributed by atoms with Crippen molar-refractivity contribution in [2.24, 2.45) is 0 Å². The van der Waals surface area contributed by atoms with Crippen molar-refractivity contribution in [3.8, 4) is 0 Å². The van der Waals surface area contributed by atoms with E-state index in [9.17, 15) is 19.2 Å². The van der Waals surface area contributed by atoms with Gasteiger partial charge in [0.25, 0.3) is 0 Å². The average Bonchev–Trinajstić information content (AvgIpc) is 2.63. The fourth-order valence-corrected chi connectivity index (χ4v) is 1.96. The lowest BCUT2D eigenvalue weighted by atomic mass is 10.1. The smallest absolute Gasteiger partial charge is 0.407 e. The Labute approximate surface area is 151 Å². The van der Waals surface area contributed by atoms with Gasteiger partial charge in [-0.15, -0.1) is 0 Å². The van der Waals surface area contributed by atoms with E-state index in [2.05, 4.69) is 16.0 Å². The zero-order chi connectivity index (χ0) is 19.4. The van der Waals surface area contributed by atoms with Gasteiger partial charge in [-0.3, -0.25) is 9.59 Å². The van der Waals surface area contributed by atoms with Crippen LogP contribution >= 0.6 is 0 Å². The van der Waals surface area contributed by atoms with Crippen molar-refractivity contribution >= 4 is 23.9 Å². The van der Waals surface area contributed by atoms with Gasteiger partial charge in [-0.1, -0.05) is 43.7 Å². The van der Waals surface area contributed by atoms with Gasteiger partial charge in [0.1, 0.15) is 19.2 Å². The highest BCUT2D eigenvalue weighted by Gasteiger charge is 2.18. The van der Waals surface area contributed by atoms with Crippen LogP contribution in [-0.4, -0.2) is 48.1 Å². The Hall–Kier alpha value is -3.10. The SMILES string of the molecule is CCCC(NC(=O)CNC(=O)CNC(=O)OCc1ccccc1)C(=O)O. The molecular formula is C17H23N3O6. The second kappa shape index (κ2) is 11.5. The first kappa shape index (κ1) is 20.9. The maximum atomic E-state index is 11.6. The van der Waals surface area contributed by atoms with Crippen LogP contribution in [0.15, 0.2) is 30.3 Å². The minimum absolute atomic E-state index is 0.0741. The Morgan fingerprint density at radius 3 is 2.31 bits per heavy atom. The van der Waals surface area contributed by atoms with E-state index in [4.69, 9.17) is 9.84 Å². The summed E-state index contributed by atoms with van der Waals surface area (Å²) in [6.45, 7) is 1.13. The highest BCUT2D eigenvalue weighted by atomic mass is 16.5. The second-order valence-corrected chi connectivity index (χ2v) is 5.44. The number of ether oxygens (including phenoxy) is 1. The molecule has 0 heterocycles. The Balaban J connectivity index is 2.22. The number of nitrogens with one attached hydrogen (secondary N) is 3. The van der Waals surface area contributed by atoms with Crippen molar-refractivity contribution in [3.05, 3.63) is 35.9 Å². The third-order valence-electron chi connectivity index (χ3n) is 3.26. The molecule has 0 saturated heterocycles. The summed E-state index contributed by atoms with van der Waals surface area (Å²) < 4.78 is 4.94. The predicted molar refractivity (Wildman–Crippen MR) is 92.1 cm³/mol. The van der Waals surface area contributed by atoms with E-state index >= 15 is 0 Å². The van der Waals surface area contributed by atoms with Crippen molar-refractivity contribution in [1.29, 1.82) is 0 Å². The molecule has 3 amide bonds. The summed E-state index contributed by atoms with van der Waals surface area (Å²) in [4.78, 5) is 45.7. The maximum Gasteiger partial charge on any atom is 0.407 e. The lowest BCUT2D eigenvalue weighted by Gasteiger charge is -2.14. The van der Waals surface area contributed by atoms with Crippen LogP contribution in [0.3, 0.4) is 0 Å². The van der Waals surface area contributed by atoms with Gasteiger partial charge in [0.2, 0.25) is 11.8 Å². The van der Waals surface area contributed by atoms with Crippen LogP contribution in [0.25, 0.3) is 0 Å². The third-order valence-corrected chi connectivity index (χ3v) is 3.26. The number of alkyl carbamates (subject to hydrolysis) is 1. The number of carboxylic acid groups (broad SMARTS) is 1. The number of carbonyl (C=O) groups excluding carboxylic acids is 3. The fraction of sp³-hybridized carbons (Fsp3) is 0.412. The van der Waals surface area contributed by atoms with E-state index < -0.39 is 29.9 Å². The lowest BCUT2D eigenvalue weighted by Crippen LogP contribution is -2.47. The fourth-order valence-electron chi connectivity index (χ4n) is 1.96. The predicted octanol–water partition coefficient (Wildman–Crippen LogP) is 0.399. The average molecular weight is 365 g/mol. The number of hydrogen-bond donors (Lipinski definition) is 4. The largest absolute Gasteiger partial charge is 0.480 e. The summed E-state index contributed by atoms with van der Waals surface area (Å²) in [5.41, 5.74) is 0.809. The second-order valence-electron chi connectivity index (χ2n) is 5.44. The molecule has 1 unspecified atom stereocenters. The summed E-state index contributed by atoms with van der Waals surface area (Å²) in [6, 6.07) is 8.05. The van der Waals surface area contributed by atoms with E-state index in [0.29, 0.717) is 12.8 Å². The molecule has 0 fully saturated rings. The Morgan fingerprint density at radius 2 is 1.69 bits per heavy atom. The molecule has 4 N–H and O–H groups in total. The summed E-state index contributed by atoms with van der Waals surface area (Å²) in [6.07, 6.45) is 0.130. The molecule has 142 valence electrons. The van der Waals surface area contributed by atoms with E-state index in [-0.39, 0.29) is 19.7 Å². The topological polar surface area (TPSA) is 134 Å². The van der Waals surface area contributed by atoms with Crippen LogP contribution in [0.2, 0.25) is 0 Å². The van der Waals surface area contributed by atoms with E-state index in [0.717, 1.165) is 5.56 Å². The van der Waals surface area contributed by atoms with Crippen LogP contribution < -0.4 is 16.0 Å². The van der Waals surface area contributed by atoms with E-state index in [1.807, 2.05) is 18.2 Å². The molecule has 0 aliphatic heterocycles. The molecule has 1 atom stereocenters. The molecule has 1 rings (SSSR count). The molecule has 0 spiro atoms. The zero-order valence-corrected chi connectivity index (χ0v) is 14.5. The summed E-state index contributed by atoms with van der Waals surface area (Å²) in [5.74, 6) is -2.35. The van der Waals surface area contributed by atoms with Gasteiger partial charge in [-0.25, -0.2) is 9.59 Å². The number of aliphatic carboxylic acids is 1. The number of hydrogen-bond acceptors (Lipinski definition) is 5. The molecular weight excluding hydrogens is 342 g/mol. The Morgan fingerprint density at radius 1 is 1.04 bits per heavy atom. The number of amides is 3. The third kappa shape index (κ3) is 8.67. The first-order chi connectivity index (χ1) is 12.4. The first-order valence-corrected chi connectivity index (χ1v) is 8.15. The van der Waals surface area contributed by atoms with Crippen LogP contribution in [0, 0.1) is 0 Å². The number of benzene rings is 1. The quantitative estimate of drug-likeness (QED) is 0.474. The van der Waals surface area contributed by atoms with Gasteiger partial charge in [0.15, 0.2) is 0 Å². The summed E-state index contributed by atoms with van der Waals surface area (Å²) in [7, 11) is 0. The molecule has 0 saturated carbocycles. The zero-order valence-electron chi connectivity index (χ0n) is 14.5. The minimum Gasteiger partial charge on any atom is -0.480 e. The first-order valence-electron chi connectivity index (χ1n) is 8.15. The van der Waals surface area contributed by atoms with Crippen molar-refractivity contribution in [3.63, 3.8) is 0 Å². The molecule has 9 heteroatoms. The molecule has 26 heavy (non-hydrogen) atoms. The number of rotatable bonds is 10. The highest BCUT2D eigenvalue weighted by Crippen LogP contribution is 2.00. The molecule has 0 aliphatic rings. The van der Waals surface area contributed by atoms with Crippen molar-refractivity contribution < 1.29 is 29.0 Å². The standard InChI is InChI=1S/C17H23N3O6/c1-2-6-13(16(23)24)20-15(22)10-18-14(21)9-19-17(25)26-11-12-7-4-3-5-8-12/h3-5,7-8,13H,2,6,9-11H2,1H3,(H,18,21)(H,19,25)(H,20,22)(H,23,24). The molecule has 0 bridgehead atoms. The summed E-state index contributed by atoms with van der Waals surface area (Å²) >= 11 is 0. The van der Waals surface area contributed by atoms with Crippen LogP contribution in [-0.2, 0) is 25.7 Å². The molecule has 9 nitrogen and oxygen atoms in total. The Kier molecular flexibility index (Phi) is 9.23. The van der Waals surface area contributed by atoms with Crippen LogP contribution in [0.4, 0.5) is 4.79 Å². The lowest BCUT2D eigenvalue weighted by molar-refractivity contribution is -0.141. The minimum atomic E-state index is -1.13. The molecule has 1 aromatic carbocycles. The monoisotopic (exact) mass is 365 g/mol. The van der Waals surface area contributed by atoms with Crippen molar-refractivity contribution in [2.45, 2.75) is 32.4 Å². The highest BCUT2D eigenvalue weighted by molar-refractivity contribution is 5.89. The van der Waals surface area contributed by atoms with Crippen molar-refractivity contribution in [2.75, 3.05) is 13.1 Å². The van der Waals surface area contributed by atoms with Crippen LogP contribution in [0.1, 0.15) is 25.3 Å². The van der Waals surface area contributed by atoms with Crippen molar-refractivity contribution in [1.82, 2.24) is 16.0 Å². The van der Waals surface area contributed by atoms with Gasteiger partial charge in [0.05, 0.1) is 6.54 Å². The number of carbonyl (C=O) groups is 4. The molecule has 0 aliphatic carbocycles. The molecule has 1 aromatic rings. The maximum absolute atomic E-state index is 11.6. The van der Waals surface area contributed by atoms with Gasteiger partial charge in [-0.2, -0.15) is 0 Å². The van der Waals surface area contributed by atoms with Crippen LogP contribution in [0.5, 0.6) is 0 Å². The van der Waals surface area contributed by atoms with E-state index in [1.165, 1.54) is 0 Å². The summed E-state index contributed by atoms with van der Waals surface area (Å²) in [5, 5.41) is 15.8. The van der Waals surface area contributed by atoms with E-state index in [1.54, 1.807) is 19.1 Å². The number of carboxylic acids is 1. The van der Waals surface area contributed by atoms with Gasteiger partial charge in [-0.05, 0) is 12.0 Å². The Bertz CT molecular complexity index is 620. The molecule has 0 aromatic heterocycles. The van der Waals surface area contributed by atoms with Gasteiger partial charge < -0.3 is 25.8 Å². The van der Waals surface area contributed by atoms with Gasteiger partial charge in [0, 0.05) is 0 Å². The molecule has 0 radical (unpaired) electrons. The normalized spacial score (nSPS) is 11.1.